The third-order valence-corrected chi connectivity index (χ3v) is 7.74. The Morgan fingerprint density at radius 2 is 1.97 bits per heavy atom. The summed E-state index contributed by atoms with van der Waals surface area (Å²) >= 11 is 0. The Hall–Kier alpha value is -3.84. The predicted molar refractivity (Wildman–Crippen MR) is 148 cm³/mol. The molecule has 202 valence electrons. The van der Waals surface area contributed by atoms with E-state index >= 15 is 0 Å². The molecule has 0 aliphatic heterocycles. The molecule has 2 heterocycles. The van der Waals surface area contributed by atoms with Crippen LogP contribution in [0.2, 0.25) is 0 Å². The molecule has 1 aliphatic rings. The van der Waals surface area contributed by atoms with Crippen LogP contribution in [0.3, 0.4) is 0 Å². The Labute approximate surface area is 229 Å². The minimum Gasteiger partial charge on any atom is -0.383 e. The zero-order valence-corrected chi connectivity index (χ0v) is 23.2. The maximum absolute atomic E-state index is 13.9. The van der Waals surface area contributed by atoms with Crippen LogP contribution in [-0.2, 0) is 16.3 Å². The number of nitrogens with zero attached hydrogens (tertiary/aromatic N) is 5. The quantitative estimate of drug-likeness (QED) is 0.314. The van der Waals surface area contributed by atoms with Gasteiger partial charge in [0.2, 0.25) is 0 Å². The lowest BCUT2D eigenvalue weighted by Gasteiger charge is -2.22. The summed E-state index contributed by atoms with van der Waals surface area (Å²) in [5, 5.41) is 22.2. The van der Waals surface area contributed by atoms with Crippen LogP contribution in [0, 0.1) is 22.6 Å². The topological polar surface area (TPSA) is 114 Å². The van der Waals surface area contributed by atoms with E-state index in [1.807, 2.05) is 0 Å². The van der Waals surface area contributed by atoms with Crippen molar-refractivity contribution in [2.75, 3.05) is 18.1 Å². The summed E-state index contributed by atoms with van der Waals surface area (Å²) < 4.78 is 51.2. The highest BCUT2D eigenvalue weighted by Crippen LogP contribution is 2.37. The normalized spacial score (nSPS) is 15.9. The molecular weight excluding hydrogens is 515 g/mol. The number of hydrogen-bond donors (Lipinski definition) is 1. The average Bonchev–Trinajstić information content (AvgIpc) is 3.61. The smallest absolute Gasteiger partial charge is 0.177 e. The van der Waals surface area contributed by atoms with E-state index in [0.717, 1.165) is 19.1 Å². The largest absolute Gasteiger partial charge is 0.383 e. The fourth-order valence-electron chi connectivity index (χ4n) is 4.47. The molecule has 8 nitrogen and oxygen atoms in total. The highest BCUT2D eigenvalue weighted by Gasteiger charge is 2.28. The molecule has 10 heteroatoms. The summed E-state index contributed by atoms with van der Waals surface area (Å²) in [5.41, 5.74) is 2.31. The number of benzene rings is 2. The van der Waals surface area contributed by atoms with Gasteiger partial charge in [-0.05, 0) is 60.1 Å². The molecule has 1 aliphatic carbocycles. The minimum atomic E-state index is -3.74. The first-order valence-corrected chi connectivity index (χ1v) is 14.7. The molecule has 0 unspecified atom stereocenters. The molecule has 1 N–H and O–H groups in total. The maximum Gasteiger partial charge on any atom is 0.177 e. The summed E-state index contributed by atoms with van der Waals surface area (Å²) in [6, 6.07) is 11.4. The number of halogens is 1. The lowest BCUT2D eigenvalue weighted by Crippen LogP contribution is -2.20. The monoisotopic (exact) mass is 547 g/mol. The van der Waals surface area contributed by atoms with Gasteiger partial charge in [-0.3, -0.25) is 4.98 Å². The predicted octanol–water partition coefficient (Wildman–Crippen LogP) is 5.41. The van der Waals surface area contributed by atoms with Crippen molar-refractivity contribution in [2.24, 2.45) is 5.41 Å². The van der Waals surface area contributed by atoms with Crippen LogP contribution in [-0.4, -0.2) is 41.2 Å². The molecule has 1 saturated carbocycles. The van der Waals surface area contributed by atoms with Gasteiger partial charge in [0.25, 0.3) is 0 Å². The molecule has 0 bridgehead atoms. The number of fused-ring (bicyclic) bond motifs is 1. The van der Waals surface area contributed by atoms with Gasteiger partial charge in [-0.25, -0.2) is 17.5 Å². The average molecular weight is 548 g/mol. The minimum absolute atomic E-state index is 0.00592. The van der Waals surface area contributed by atoms with E-state index in [2.05, 4.69) is 47.5 Å². The van der Waals surface area contributed by atoms with E-state index in [9.17, 15) is 19.4 Å². The van der Waals surface area contributed by atoms with Gasteiger partial charge in [0, 0.05) is 37.8 Å². The number of anilines is 1. The van der Waals surface area contributed by atoms with Gasteiger partial charge in [-0.2, -0.15) is 5.26 Å². The van der Waals surface area contributed by atoms with E-state index in [0.29, 0.717) is 34.4 Å². The molecule has 2 aromatic heterocycles. The molecule has 0 radical (unpaired) electrons. The van der Waals surface area contributed by atoms with E-state index in [-0.39, 0.29) is 33.9 Å². The van der Waals surface area contributed by atoms with Gasteiger partial charge in [0.05, 0.1) is 33.4 Å². The molecule has 5 rings (SSSR count). The van der Waals surface area contributed by atoms with E-state index in [1.165, 1.54) is 24.4 Å². The van der Waals surface area contributed by atoms with Gasteiger partial charge in [0.15, 0.2) is 9.84 Å². The number of nitriles is 1. The zero-order chi connectivity index (χ0) is 28.9. The summed E-state index contributed by atoms with van der Waals surface area (Å²) in [7, 11) is -3.74. The molecule has 0 saturated heterocycles. The summed E-state index contributed by atoms with van der Waals surface area (Å²) in [4.78, 5) is 4.37. The second-order valence-electron chi connectivity index (χ2n) is 11.3. The third-order valence-electron chi connectivity index (χ3n) is 6.63. The van der Waals surface area contributed by atoms with Gasteiger partial charge in [-0.15, -0.1) is 5.10 Å². The first-order valence-electron chi connectivity index (χ1n) is 13.3. The fourth-order valence-corrected chi connectivity index (χ4v) is 5.35. The molecule has 4 aromatic rings. The lowest BCUT2D eigenvalue weighted by molar-refractivity contribution is 0.443. The van der Waals surface area contributed by atoms with E-state index < -0.39 is 21.5 Å². The van der Waals surface area contributed by atoms with Crippen molar-refractivity contribution >= 4 is 26.4 Å². The van der Waals surface area contributed by atoms with Crippen molar-refractivity contribution in [1.29, 1.82) is 5.26 Å². The Morgan fingerprint density at radius 1 is 1.26 bits per heavy atom. The number of nitrogens with one attached hydrogen (secondary N) is 1. The van der Waals surface area contributed by atoms with Crippen LogP contribution in [0.1, 0.15) is 69.3 Å². The highest BCUT2D eigenvalue weighted by molar-refractivity contribution is 7.91. The van der Waals surface area contributed by atoms with Crippen molar-refractivity contribution < 1.29 is 14.2 Å². The Morgan fingerprint density at radius 3 is 2.59 bits per heavy atom. The highest BCUT2D eigenvalue weighted by atomic mass is 32.2. The van der Waals surface area contributed by atoms with Crippen molar-refractivity contribution in [3.05, 3.63) is 77.0 Å². The molecular formula is C29H31FN6O2S. The van der Waals surface area contributed by atoms with E-state index in [1.54, 1.807) is 29.1 Å². The van der Waals surface area contributed by atoms with Crippen molar-refractivity contribution in [2.45, 2.75) is 56.9 Å². The lowest BCUT2D eigenvalue weighted by atomic mass is 9.89. The summed E-state index contributed by atoms with van der Waals surface area (Å²) in [6.45, 7) is 6.68. The number of pyridine rings is 1. The van der Waals surface area contributed by atoms with Gasteiger partial charge >= 0.3 is 0 Å². The van der Waals surface area contributed by atoms with Gasteiger partial charge in [-0.1, -0.05) is 38.1 Å². The van der Waals surface area contributed by atoms with Gasteiger partial charge in [0.1, 0.15) is 11.9 Å². The van der Waals surface area contributed by atoms with Crippen LogP contribution in [0.4, 0.5) is 10.1 Å². The molecule has 2 aromatic carbocycles. The Bertz CT molecular complexity index is 1740. The van der Waals surface area contributed by atoms with Crippen LogP contribution < -0.4 is 5.32 Å². The molecule has 0 spiro atoms. The Balaban J connectivity index is 1.71. The number of sulfone groups is 1. The fraction of sp³-hybridized carbons (Fsp3) is 0.379. The zero-order valence-electron chi connectivity index (χ0n) is 23.4. The van der Waals surface area contributed by atoms with Gasteiger partial charge < -0.3 is 5.32 Å². The second kappa shape index (κ2) is 10.0. The molecule has 1 atom stereocenters. The van der Waals surface area contributed by atoms with Crippen molar-refractivity contribution in [1.82, 2.24) is 20.0 Å². The first kappa shape index (κ1) is 25.4. The molecule has 0 amide bonds. The summed E-state index contributed by atoms with van der Waals surface area (Å²) in [6.07, 6.45) is 6.25. The number of rotatable bonds is 8. The second-order valence-corrected chi connectivity index (χ2v) is 13.3. The Kier molecular flexibility index (Phi) is 6.55. The van der Waals surface area contributed by atoms with Crippen molar-refractivity contribution in [3.8, 4) is 6.07 Å². The standard InChI is InChI=1S/C29H31FN6O2S/c1-29(2,3)17-33-27-20(14-31)15-32-28-24(27)12-18(13-26(28)39(4,37)38)11-23(19-5-7-21(30)8-6-19)25-16-36(35-34-25)22-9-10-22/h5-8,12-13,15-16,22-23H,9-11,17H2,1-4H3,(H,32,33)/t23-/m1/s1/i23D. The van der Waals surface area contributed by atoms with Crippen LogP contribution in [0.5, 0.6) is 0 Å². The number of aromatic nitrogens is 4. The van der Waals surface area contributed by atoms with Crippen LogP contribution in [0.15, 0.2) is 53.7 Å². The van der Waals surface area contributed by atoms with Crippen LogP contribution in [0.25, 0.3) is 10.9 Å². The molecule has 1 fully saturated rings. The maximum atomic E-state index is 13.9. The number of hydrogen-bond acceptors (Lipinski definition) is 7. The third kappa shape index (κ3) is 5.93. The van der Waals surface area contributed by atoms with Crippen molar-refractivity contribution in [3.63, 3.8) is 0 Å². The SMILES string of the molecule is [2H][C@@](Cc1cc(S(C)(=O)=O)c2ncc(C#N)c(NCC(C)(C)C)c2c1)(c1ccc(F)cc1)c1cn(C2CC2)nn1. The molecule has 39 heavy (non-hydrogen) atoms. The first-order chi connectivity index (χ1) is 18.8. The van der Waals surface area contributed by atoms with Crippen LogP contribution >= 0.6 is 0 Å². The van der Waals surface area contributed by atoms with E-state index in [4.69, 9.17) is 0 Å². The summed E-state index contributed by atoms with van der Waals surface area (Å²) in [5.74, 6) is -1.93.